The first kappa shape index (κ1) is 28.1. The van der Waals surface area contributed by atoms with Gasteiger partial charge >= 0.3 is 0 Å². The Kier molecular flexibility index (Phi) is 11.3. The number of carbonyl (C=O) groups excluding carboxylic acids is 1. The molecule has 2 rings (SSSR count). The SMILES string of the molecule is CCCCCCNc1ccc(S(=O)(=O)C(C)C(C=O)(CC)CCCC)c(Cc2ccccc2)c1. The summed E-state index contributed by atoms with van der Waals surface area (Å²) in [6, 6.07) is 15.5. The van der Waals surface area contributed by atoms with E-state index in [0.29, 0.717) is 24.2 Å². The lowest BCUT2D eigenvalue weighted by molar-refractivity contribution is -0.116. The van der Waals surface area contributed by atoms with Gasteiger partial charge < -0.3 is 10.1 Å². The molecule has 0 aromatic heterocycles. The molecule has 34 heavy (non-hydrogen) atoms. The van der Waals surface area contributed by atoms with Gasteiger partial charge in [-0.2, -0.15) is 0 Å². The Morgan fingerprint density at radius 1 is 0.941 bits per heavy atom. The topological polar surface area (TPSA) is 63.2 Å². The van der Waals surface area contributed by atoms with Crippen LogP contribution in [0.1, 0.15) is 90.2 Å². The summed E-state index contributed by atoms with van der Waals surface area (Å²) in [5.41, 5.74) is 1.92. The average Bonchev–Trinajstić information content (AvgIpc) is 2.85. The summed E-state index contributed by atoms with van der Waals surface area (Å²) >= 11 is 0. The lowest BCUT2D eigenvalue weighted by atomic mass is 9.79. The van der Waals surface area contributed by atoms with E-state index in [1.165, 1.54) is 19.3 Å². The van der Waals surface area contributed by atoms with Crippen molar-refractivity contribution < 1.29 is 13.2 Å². The first-order valence-electron chi connectivity index (χ1n) is 13.0. The van der Waals surface area contributed by atoms with Crippen molar-refractivity contribution in [3.8, 4) is 0 Å². The monoisotopic (exact) mass is 485 g/mol. The second kappa shape index (κ2) is 13.7. The number of carbonyl (C=O) groups is 1. The number of benzene rings is 2. The van der Waals surface area contributed by atoms with E-state index >= 15 is 0 Å². The zero-order chi connectivity index (χ0) is 25.0. The molecule has 0 bridgehead atoms. The van der Waals surface area contributed by atoms with E-state index in [9.17, 15) is 13.2 Å². The number of anilines is 1. The number of rotatable bonds is 16. The summed E-state index contributed by atoms with van der Waals surface area (Å²) in [6.07, 6.45) is 9.01. The van der Waals surface area contributed by atoms with E-state index in [0.717, 1.165) is 48.9 Å². The molecule has 0 saturated heterocycles. The molecule has 0 aliphatic carbocycles. The molecule has 0 aliphatic rings. The Bertz CT molecular complexity index is 988. The van der Waals surface area contributed by atoms with Gasteiger partial charge in [0.25, 0.3) is 0 Å². The van der Waals surface area contributed by atoms with Gasteiger partial charge in [0.05, 0.1) is 10.1 Å². The molecule has 0 aliphatic heterocycles. The quantitative estimate of drug-likeness (QED) is 0.201. The highest BCUT2D eigenvalue weighted by atomic mass is 32.2. The molecule has 0 heterocycles. The summed E-state index contributed by atoms with van der Waals surface area (Å²) < 4.78 is 27.9. The summed E-state index contributed by atoms with van der Waals surface area (Å²) in [4.78, 5) is 12.6. The molecule has 188 valence electrons. The zero-order valence-electron chi connectivity index (χ0n) is 21.5. The van der Waals surface area contributed by atoms with Crippen molar-refractivity contribution in [3.05, 3.63) is 59.7 Å². The Morgan fingerprint density at radius 2 is 1.65 bits per heavy atom. The van der Waals surface area contributed by atoms with Crippen LogP contribution in [0.4, 0.5) is 5.69 Å². The molecular weight excluding hydrogens is 442 g/mol. The minimum atomic E-state index is -3.71. The highest BCUT2D eigenvalue weighted by molar-refractivity contribution is 7.92. The molecule has 1 N–H and O–H groups in total. The number of nitrogens with one attached hydrogen (secondary N) is 1. The van der Waals surface area contributed by atoms with Gasteiger partial charge in [0, 0.05) is 17.6 Å². The van der Waals surface area contributed by atoms with Crippen molar-refractivity contribution in [3.63, 3.8) is 0 Å². The minimum Gasteiger partial charge on any atom is -0.385 e. The third kappa shape index (κ3) is 7.18. The van der Waals surface area contributed by atoms with Gasteiger partial charge in [0.2, 0.25) is 0 Å². The van der Waals surface area contributed by atoms with Gasteiger partial charge in [0.15, 0.2) is 9.84 Å². The van der Waals surface area contributed by atoms with Crippen LogP contribution in [-0.2, 0) is 21.1 Å². The molecule has 0 fully saturated rings. The molecule has 2 aromatic rings. The largest absolute Gasteiger partial charge is 0.385 e. The molecule has 0 spiro atoms. The summed E-state index contributed by atoms with van der Waals surface area (Å²) in [5.74, 6) is 0. The van der Waals surface area contributed by atoms with Crippen molar-refractivity contribution in [2.45, 2.75) is 95.6 Å². The van der Waals surface area contributed by atoms with Crippen molar-refractivity contribution >= 4 is 21.8 Å². The molecule has 0 amide bonds. The van der Waals surface area contributed by atoms with Crippen LogP contribution < -0.4 is 5.32 Å². The zero-order valence-corrected chi connectivity index (χ0v) is 22.3. The number of hydrogen-bond donors (Lipinski definition) is 1. The number of sulfone groups is 1. The van der Waals surface area contributed by atoms with E-state index in [1.807, 2.05) is 49.4 Å². The second-order valence-electron chi connectivity index (χ2n) is 9.47. The van der Waals surface area contributed by atoms with Gasteiger partial charge in [-0.05, 0) is 61.9 Å². The molecule has 0 radical (unpaired) electrons. The smallest absolute Gasteiger partial charge is 0.182 e. The first-order chi connectivity index (χ1) is 16.3. The van der Waals surface area contributed by atoms with Crippen LogP contribution in [0.15, 0.2) is 53.4 Å². The van der Waals surface area contributed by atoms with Gasteiger partial charge in [-0.3, -0.25) is 0 Å². The Morgan fingerprint density at radius 3 is 2.26 bits per heavy atom. The number of hydrogen-bond acceptors (Lipinski definition) is 4. The minimum absolute atomic E-state index is 0.344. The van der Waals surface area contributed by atoms with Gasteiger partial charge in [-0.1, -0.05) is 83.2 Å². The van der Waals surface area contributed by atoms with Gasteiger partial charge in [0.1, 0.15) is 6.29 Å². The average molecular weight is 486 g/mol. The maximum Gasteiger partial charge on any atom is 0.182 e. The fourth-order valence-electron chi connectivity index (χ4n) is 4.62. The van der Waals surface area contributed by atoms with Crippen LogP contribution >= 0.6 is 0 Å². The van der Waals surface area contributed by atoms with E-state index in [2.05, 4.69) is 19.2 Å². The molecule has 0 saturated carbocycles. The summed E-state index contributed by atoms with van der Waals surface area (Å²) in [7, 11) is -3.71. The number of unbranched alkanes of at least 4 members (excludes halogenated alkanes) is 4. The molecule has 2 unspecified atom stereocenters. The molecule has 2 atom stereocenters. The maximum absolute atomic E-state index is 13.9. The lowest BCUT2D eigenvalue weighted by Crippen LogP contribution is -2.40. The van der Waals surface area contributed by atoms with E-state index in [1.54, 1.807) is 13.0 Å². The van der Waals surface area contributed by atoms with Crippen LogP contribution in [-0.4, -0.2) is 26.5 Å². The third-order valence-corrected chi connectivity index (χ3v) is 9.54. The van der Waals surface area contributed by atoms with Crippen molar-refractivity contribution in [2.75, 3.05) is 11.9 Å². The second-order valence-corrected chi connectivity index (χ2v) is 11.7. The van der Waals surface area contributed by atoms with Crippen LogP contribution in [0.5, 0.6) is 0 Å². The lowest BCUT2D eigenvalue weighted by Gasteiger charge is -2.33. The Hall–Kier alpha value is -2.14. The summed E-state index contributed by atoms with van der Waals surface area (Å²) in [5, 5.41) is 2.69. The fourth-order valence-corrected chi connectivity index (χ4v) is 6.71. The standard InChI is InChI=1S/C29H43NO3S/c1-5-8-10-14-20-30-27-17-18-28(26(22-27)21-25-15-12-11-13-16-25)34(32,33)24(4)29(7-3,23-31)19-9-6-2/h11-13,15-18,22-24,30H,5-10,14,19-21H2,1-4H3. The van der Waals surface area contributed by atoms with Gasteiger partial charge in [-0.15, -0.1) is 0 Å². The molecule has 5 heteroatoms. The predicted molar refractivity (Wildman–Crippen MR) is 143 cm³/mol. The van der Waals surface area contributed by atoms with Gasteiger partial charge in [-0.25, -0.2) is 8.42 Å². The highest BCUT2D eigenvalue weighted by Gasteiger charge is 2.42. The normalized spacial score (nSPS) is 14.4. The third-order valence-electron chi connectivity index (χ3n) is 7.13. The maximum atomic E-state index is 13.9. The molecular formula is C29H43NO3S. The van der Waals surface area contributed by atoms with Crippen molar-refractivity contribution in [2.24, 2.45) is 5.41 Å². The van der Waals surface area contributed by atoms with Crippen molar-refractivity contribution in [1.82, 2.24) is 0 Å². The van der Waals surface area contributed by atoms with Crippen LogP contribution in [0.25, 0.3) is 0 Å². The van der Waals surface area contributed by atoms with Crippen molar-refractivity contribution in [1.29, 1.82) is 0 Å². The Balaban J connectivity index is 2.42. The molecule has 2 aromatic carbocycles. The highest BCUT2D eigenvalue weighted by Crippen LogP contribution is 2.38. The fraction of sp³-hybridized carbons (Fsp3) is 0.552. The van der Waals surface area contributed by atoms with E-state index in [-0.39, 0.29) is 0 Å². The predicted octanol–water partition coefficient (Wildman–Crippen LogP) is 7.22. The first-order valence-corrected chi connectivity index (χ1v) is 14.5. The van der Waals surface area contributed by atoms with E-state index in [4.69, 9.17) is 0 Å². The van der Waals surface area contributed by atoms with E-state index < -0.39 is 20.5 Å². The summed E-state index contributed by atoms with van der Waals surface area (Å²) in [6.45, 7) is 8.77. The molecule has 4 nitrogen and oxygen atoms in total. The van der Waals surface area contributed by atoms with Crippen LogP contribution in [0.3, 0.4) is 0 Å². The van der Waals surface area contributed by atoms with Crippen LogP contribution in [0, 0.1) is 5.41 Å². The number of aldehydes is 1. The van der Waals surface area contributed by atoms with Crippen LogP contribution in [0.2, 0.25) is 0 Å². The Labute approximate surface area is 207 Å².